The molecule has 0 radical (unpaired) electrons. The first-order valence-electron chi connectivity index (χ1n) is 7.11. The number of ether oxygens (including phenoxy) is 3. The van der Waals surface area contributed by atoms with E-state index in [2.05, 4.69) is 5.32 Å². The van der Waals surface area contributed by atoms with E-state index in [4.69, 9.17) is 14.2 Å². The van der Waals surface area contributed by atoms with E-state index in [1.54, 1.807) is 32.4 Å². The molecule has 1 aromatic carbocycles. The van der Waals surface area contributed by atoms with Crippen LogP contribution in [-0.4, -0.2) is 51.4 Å². The van der Waals surface area contributed by atoms with E-state index < -0.39 is 0 Å². The van der Waals surface area contributed by atoms with Crippen molar-refractivity contribution in [3.05, 3.63) is 18.2 Å². The zero-order valence-corrected chi connectivity index (χ0v) is 12.6. The summed E-state index contributed by atoms with van der Waals surface area (Å²) in [5.41, 5.74) is 0. The van der Waals surface area contributed by atoms with Crippen molar-refractivity contribution >= 4 is 6.03 Å². The molecule has 1 aromatic rings. The van der Waals surface area contributed by atoms with Crippen LogP contribution in [0.3, 0.4) is 0 Å². The third-order valence-corrected chi connectivity index (χ3v) is 3.37. The molecule has 0 bridgehead atoms. The molecule has 6 nitrogen and oxygen atoms in total. The Balaban J connectivity index is 1.76. The van der Waals surface area contributed by atoms with E-state index in [1.165, 1.54) is 0 Å². The Morgan fingerprint density at radius 2 is 1.67 bits per heavy atom. The Labute approximate surface area is 125 Å². The second kappa shape index (κ2) is 7.61. The fourth-order valence-corrected chi connectivity index (χ4v) is 2.22. The maximum absolute atomic E-state index is 11.8. The zero-order valence-electron chi connectivity index (χ0n) is 12.6. The van der Waals surface area contributed by atoms with Crippen molar-refractivity contribution in [1.82, 2.24) is 10.2 Å². The van der Waals surface area contributed by atoms with Crippen LogP contribution in [0.5, 0.6) is 17.2 Å². The van der Waals surface area contributed by atoms with Crippen molar-refractivity contribution in [3.63, 3.8) is 0 Å². The summed E-state index contributed by atoms with van der Waals surface area (Å²) in [5, 5.41) is 2.85. The number of methoxy groups -OCH3 is 2. The molecule has 21 heavy (non-hydrogen) atoms. The number of nitrogens with one attached hydrogen (secondary N) is 1. The standard InChI is InChI=1S/C15H22N2O4/c1-19-12-9-13(20-2)11-14(10-12)21-8-5-16-15(18)17-6-3-4-7-17/h9-11H,3-8H2,1-2H3,(H,16,18). The predicted molar refractivity (Wildman–Crippen MR) is 79.2 cm³/mol. The minimum Gasteiger partial charge on any atom is -0.496 e. The van der Waals surface area contributed by atoms with Gasteiger partial charge in [0.25, 0.3) is 0 Å². The first-order valence-corrected chi connectivity index (χ1v) is 7.11. The Morgan fingerprint density at radius 1 is 1.10 bits per heavy atom. The molecule has 0 spiro atoms. The van der Waals surface area contributed by atoms with Crippen LogP contribution in [0.4, 0.5) is 4.79 Å². The van der Waals surface area contributed by atoms with E-state index in [0.717, 1.165) is 25.9 Å². The molecule has 1 fully saturated rings. The van der Waals surface area contributed by atoms with Crippen LogP contribution in [-0.2, 0) is 0 Å². The lowest BCUT2D eigenvalue weighted by molar-refractivity contribution is 0.205. The van der Waals surface area contributed by atoms with Crippen molar-refractivity contribution in [2.75, 3.05) is 40.5 Å². The first kappa shape index (κ1) is 15.3. The molecule has 0 atom stereocenters. The highest BCUT2D eigenvalue weighted by Gasteiger charge is 2.16. The van der Waals surface area contributed by atoms with Gasteiger partial charge >= 0.3 is 6.03 Å². The normalized spacial score (nSPS) is 13.9. The van der Waals surface area contributed by atoms with Crippen molar-refractivity contribution < 1.29 is 19.0 Å². The Hall–Kier alpha value is -2.11. The quantitative estimate of drug-likeness (QED) is 0.814. The van der Waals surface area contributed by atoms with Gasteiger partial charge in [0.2, 0.25) is 0 Å². The summed E-state index contributed by atoms with van der Waals surface area (Å²) in [6, 6.07) is 5.33. The Bertz CT molecular complexity index is 450. The van der Waals surface area contributed by atoms with Gasteiger partial charge in [-0.25, -0.2) is 4.79 Å². The molecule has 1 heterocycles. The van der Waals surface area contributed by atoms with Crippen LogP contribution in [0.15, 0.2) is 18.2 Å². The number of urea groups is 1. The molecule has 2 rings (SSSR count). The predicted octanol–water partition coefficient (Wildman–Crippen LogP) is 1.89. The van der Waals surface area contributed by atoms with Gasteiger partial charge in [0.05, 0.1) is 20.8 Å². The maximum Gasteiger partial charge on any atom is 0.317 e. The molecule has 2 amide bonds. The van der Waals surface area contributed by atoms with E-state index in [0.29, 0.717) is 30.4 Å². The molecule has 6 heteroatoms. The van der Waals surface area contributed by atoms with Crippen molar-refractivity contribution in [1.29, 1.82) is 0 Å². The smallest absolute Gasteiger partial charge is 0.317 e. The molecule has 1 aliphatic rings. The van der Waals surface area contributed by atoms with E-state index in [9.17, 15) is 4.79 Å². The molecule has 1 N–H and O–H groups in total. The summed E-state index contributed by atoms with van der Waals surface area (Å²) in [6.45, 7) is 2.56. The van der Waals surface area contributed by atoms with Gasteiger partial charge in [-0.1, -0.05) is 0 Å². The summed E-state index contributed by atoms with van der Waals surface area (Å²) < 4.78 is 16.0. The summed E-state index contributed by atoms with van der Waals surface area (Å²) >= 11 is 0. The number of carbonyl (C=O) groups is 1. The number of likely N-dealkylation sites (tertiary alicyclic amines) is 1. The third-order valence-electron chi connectivity index (χ3n) is 3.37. The van der Waals surface area contributed by atoms with Crippen molar-refractivity contribution in [3.8, 4) is 17.2 Å². The summed E-state index contributed by atoms with van der Waals surface area (Å²) in [5.74, 6) is 2.00. The summed E-state index contributed by atoms with van der Waals surface area (Å²) in [7, 11) is 3.18. The molecular weight excluding hydrogens is 272 g/mol. The van der Waals surface area contributed by atoms with Gasteiger partial charge in [0.1, 0.15) is 23.9 Å². The molecule has 0 unspecified atom stereocenters. The van der Waals surface area contributed by atoms with Gasteiger partial charge < -0.3 is 24.4 Å². The Kier molecular flexibility index (Phi) is 5.54. The monoisotopic (exact) mass is 294 g/mol. The minimum atomic E-state index is -0.0145. The van der Waals surface area contributed by atoms with Crippen molar-refractivity contribution in [2.45, 2.75) is 12.8 Å². The lowest BCUT2D eigenvalue weighted by atomic mass is 10.3. The lowest BCUT2D eigenvalue weighted by Gasteiger charge is -2.16. The second-order valence-electron chi connectivity index (χ2n) is 4.82. The fourth-order valence-electron chi connectivity index (χ4n) is 2.22. The number of amides is 2. The SMILES string of the molecule is COc1cc(OC)cc(OCCNC(=O)N2CCCC2)c1. The number of hydrogen-bond donors (Lipinski definition) is 1. The average molecular weight is 294 g/mol. The number of benzene rings is 1. The minimum absolute atomic E-state index is 0.0145. The van der Waals surface area contributed by atoms with Gasteiger partial charge in [-0.3, -0.25) is 0 Å². The highest BCUT2D eigenvalue weighted by atomic mass is 16.5. The molecule has 116 valence electrons. The van der Waals surface area contributed by atoms with Gasteiger partial charge in [0, 0.05) is 31.3 Å². The number of hydrogen-bond acceptors (Lipinski definition) is 4. The number of carbonyl (C=O) groups excluding carboxylic acids is 1. The molecule has 0 saturated carbocycles. The highest BCUT2D eigenvalue weighted by molar-refractivity contribution is 5.74. The first-order chi connectivity index (χ1) is 10.2. The zero-order chi connectivity index (χ0) is 15.1. The third kappa shape index (κ3) is 4.44. The van der Waals surface area contributed by atoms with Crippen LogP contribution in [0.1, 0.15) is 12.8 Å². The van der Waals surface area contributed by atoms with Crippen LogP contribution >= 0.6 is 0 Å². The number of nitrogens with zero attached hydrogens (tertiary/aromatic N) is 1. The molecular formula is C15H22N2O4. The van der Waals surface area contributed by atoms with Gasteiger partial charge in [0.15, 0.2) is 0 Å². The fraction of sp³-hybridized carbons (Fsp3) is 0.533. The van der Waals surface area contributed by atoms with Gasteiger partial charge in [-0.15, -0.1) is 0 Å². The van der Waals surface area contributed by atoms with Crippen LogP contribution < -0.4 is 19.5 Å². The molecule has 0 aliphatic carbocycles. The molecule has 1 saturated heterocycles. The highest BCUT2D eigenvalue weighted by Crippen LogP contribution is 2.27. The maximum atomic E-state index is 11.8. The van der Waals surface area contributed by atoms with Crippen LogP contribution in [0.25, 0.3) is 0 Å². The summed E-state index contributed by atoms with van der Waals surface area (Å²) in [6.07, 6.45) is 2.18. The van der Waals surface area contributed by atoms with Gasteiger partial charge in [-0.2, -0.15) is 0 Å². The van der Waals surface area contributed by atoms with Crippen LogP contribution in [0.2, 0.25) is 0 Å². The molecule has 0 aromatic heterocycles. The molecule has 1 aliphatic heterocycles. The van der Waals surface area contributed by atoms with E-state index in [1.807, 2.05) is 4.90 Å². The lowest BCUT2D eigenvalue weighted by Crippen LogP contribution is -2.39. The summed E-state index contributed by atoms with van der Waals surface area (Å²) in [4.78, 5) is 13.6. The Morgan fingerprint density at radius 3 is 2.24 bits per heavy atom. The van der Waals surface area contributed by atoms with Crippen LogP contribution in [0, 0.1) is 0 Å². The largest absolute Gasteiger partial charge is 0.496 e. The van der Waals surface area contributed by atoms with E-state index in [-0.39, 0.29) is 6.03 Å². The van der Waals surface area contributed by atoms with Gasteiger partial charge in [-0.05, 0) is 12.8 Å². The van der Waals surface area contributed by atoms with E-state index >= 15 is 0 Å². The topological polar surface area (TPSA) is 60.0 Å². The second-order valence-corrected chi connectivity index (χ2v) is 4.82. The van der Waals surface area contributed by atoms with Crippen molar-refractivity contribution in [2.24, 2.45) is 0 Å². The number of rotatable bonds is 6. The average Bonchev–Trinajstić information content (AvgIpc) is 3.05.